The number of piperidine rings is 1. The molecule has 2 rings (SSSR count). The van der Waals surface area contributed by atoms with Crippen LogP contribution in [0.2, 0.25) is 0 Å². The summed E-state index contributed by atoms with van der Waals surface area (Å²) in [4.78, 5) is 17.0. The van der Waals surface area contributed by atoms with Crippen LogP contribution >= 0.6 is 0 Å². The topological polar surface area (TPSA) is 77.2 Å². The minimum absolute atomic E-state index is 0.268. The lowest BCUT2D eigenvalue weighted by Gasteiger charge is -2.30. The number of rotatable bonds is 3. The first-order chi connectivity index (χ1) is 8.69. The number of hydrogen-bond acceptors (Lipinski definition) is 4. The number of carbonyl (C=O) groups is 1. The molecule has 1 aliphatic heterocycles. The van der Waals surface area contributed by atoms with Gasteiger partial charge in [-0.2, -0.15) is 5.26 Å². The van der Waals surface area contributed by atoms with Crippen LogP contribution in [0.15, 0.2) is 18.3 Å². The van der Waals surface area contributed by atoms with E-state index in [0.717, 1.165) is 24.9 Å². The first kappa shape index (κ1) is 12.5. The predicted octanol–water partition coefficient (Wildman–Crippen LogP) is 1.25. The fourth-order valence-electron chi connectivity index (χ4n) is 2.29. The zero-order chi connectivity index (χ0) is 13.0. The maximum atomic E-state index is 11.0. The van der Waals surface area contributed by atoms with Crippen molar-refractivity contribution in [3.05, 3.63) is 29.6 Å². The lowest BCUT2D eigenvalue weighted by atomic mass is 9.98. The highest BCUT2D eigenvalue weighted by atomic mass is 16.4. The van der Waals surface area contributed by atoms with Crippen molar-refractivity contribution >= 4 is 5.97 Å². The molecule has 0 aromatic carbocycles. The van der Waals surface area contributed by atoms with E-state index in [-0.39, 0.29) is 5.92 Å². The van der Waals surface area contributed by atoms with Gasteiger partial charge in [0.05, 0.1) is 5.92 Å². The van der Waals surface area contributed by atoms with E-state index in [4.69, 9.17) is 10.4 Å². The normalized spacial score (nSPS) is 20.3. The summed E-state index contributed by atoms with van der Waals surface area (Å²) in [6.45, 7) is 2.18. The maximum Gasteiger partial charge on any atom is 0.307 e. The van der Waals surface area contributed by atoms with Crippen molar-refractivity contribution in [2.75, 3.05) is 13.1 Å². The number of aromatic nitrogens is 1. The van der Waals surface area contributed by atoms with Gasteiger partial charge >= 0.3 is 5.97 Å². The third kappa shape index (κ3) is 3.05. The number of likely N-dealkylation sites (tertiary alicyclic amines) is 1. The maximum absolute atomic E-state index is 11.0. The number of hydrogen-bond donors (Lipinski definition) is 1. The van der Waals surface area contributed by atoms with Gasteiger partial charge in [0.15, 0.2) is 0 Å². The van der Waals surface area contributed by atoms with Crippen LogP contribution in [0, 0.1) is 17.2 Å². The van der Waals surface area contributed by atoms with Gasteiger partial charge in [-0.05, 0) is 37.1 Å². The van der Waals surface area contributed by atoms with Gasteiger partial charge in [0.2, 0.25) is 0 Å². The van der Waals surface area contributed by atoms with Gasteiger partial charge < -0.3 is 5.11 Å². The molecule has 0 amide bonds. The molecule has 2 heterocycles. The zero-order valence-corrected chi connectivity index (χ0v) is 10.0. The fourth-order valence-corrected chi connectivity index (χ4v) is 2.29. The van der Waals surface area contributed by atoms with Gasteiger partial charge in [-0.1, -0.05) is 0 Å². The Morgan fingerprint density at radius 1 is 1.67 bits per heavy atom. The number of nitriles is 1. The number of pyridine rings is 1. The molecule has 1 N–H and O–H groups in total. The molecule has 1 aromatic heterocycles. The molecule has 18 heavy (non-hydrogen) atoms. The number of carboxylic acids is 1. The molecule has 0 aliphatic carbocycles. The summed E-state index contributed by atoms with van der Waals surface area (Å²) < 4.78 is 0. The molecule has 1 unspecified atom stereocenters. The smallest absolute Gasteiger partial charge is 0.307 e. The Morgan fingerprint density at radius 3 is 3.22 bits per heavy atom. The Kier molecular flexibility index (Phi) is 3.90. The standard InChI is InChI=1S/C13H15N3O2/c14-7-12-6-10(3-4-15-12)8-16-5-1-2-11(9-16)13(17)18/h3-4,6,11H,1-2,5,8-9H2,(H,17,18). The third-order valence-electron chi connectivity index (χ3n) is 3.20. The lowest BCUT2D eigenvalue weighted by Crippen LogP contribution is -2.38. The van der Waals surface area contributed by atoms with Gasteiger partial charge in [-0.25, -0.2) is 4.98 Å². The molecular formula is C13H15N3O2. The second kappa shape index (κ2) is 5.61. The minimum atomic E-state index is -0.716. The van der Waals surface area contributed by atoms with Gasteiger partial charge in [0.1, 0.15) is 11.8 Å². The molecule has 0 spiro atoms. The minimum Gasteiger partial charge on any atom is -0.481 e. The first-order valence-corrected chi connectivity index (χ1v) is 5.99. The Labute approximate surface area is 106 Å². The second-order valence-corrected chi connectivity index (χ2v) is 4.57. The van der Waals surface area contributed by atoms with Gasteiger partial charge in [0, 0.05) is 19.3 Å². The molecule has 1 atom stereocenters. The zero-order valence-electron chi connectivity index (χ0n) is 10.0. The molecule has 0 bridgehead atoms. The average molecular weight is 245 g/mol. The molecule has 94 valence electrons. The highest BCUT2D eigenvalue weighted by molar-refractivity contribution is 5.70. The number of nitrogens with zero attached hydrogens (tertiary/aromatic N) is 3. The summed E-state index contributed by atoms with van der Waals surface area (Å²) >= 11 is 0. The second-order valence-electron chi connectivity index (χ2n) is 4.57. The molecule has 1 aliphatic rings. The van der Waals surface area contributed by atoms with Crippen LogP contribution in [-0.4, -0.2) is 34.0 Å². The van der Waals surface area contributed by atoms with Gasteiger partial charge in [0.25, 0.3) is 0 Å². The van der Waals surface area contributed by atoms with Crippen molar-refractivity contribution in [1.29, 1.82) is 5.26 Å². The van der Waals surface area contributed by atoms with Crippen molar-refractivity contribution in [3.63, 3.8) is 0 Å². The monoisotopic (exact) mass is 245 g/mol. The van der Waals surface area contributed by atoms with Crippen molar-refractivity contribution in [2.45, 2.75) is 19.4 Å². The Bertz CT molecular complexity index is 481. The lowest BCUT2D eigenvalue weighted by molar-refractivity contribution is -0.143. The number of carboxylic acid groups (broad SMARTS) is 1. The van der Waals surface area contributed by atoms with E-state index in [1.807, 2.05) is 12.1 Å². The summed E-state index contributed by atoms with van der Waals surface area (Å²) in [5.41, 5.74) is 1.41. The van der Waals surface area contributed by atoms with Crippen molar-refractivity contribution < 1.29 is 9.90 Å². The van der Waals surface area contributed by atoms with E-state index in [0.29, 0.717) is 18.8 Å². The van der Waals surface area contributed by atoms with Crippen LogP contribution in [0.1, 0.15) is 24.1 Å². The number of aliphatic carboxylic acids is 1. The van der Waals surface area contributed by atoms with Crippen LogP contribution in [0.5, 0.6) is 0 Å². The van der Waals surface area contributed by atoms with Gasteiger partial charge in [-0.15, -0.1) is 0 Å². The SMILES string of the molecule is N#Cc1cc(CN2CCCC(C(=O)O)C2)ccn1. The van der Waals surface area contributed by atoms with Crippen LogP contribution < -0.4 is 0 Å². The summed E-state index contributed by atoms with van der Waals surface area (Å²) in [5.74, 6) is -0.983. The van der Waals surface area contributed by atoms with E-state index in [2.05, 4.69) is 9.88 Å². The van der Waals surface area contributed by atoms with Crippen molar-refractivity contribution in [2.24, 2.45) is 5.92 Å². The average Bonchev–Trinajstić information content (AvgIpc) is 2.39. The quantitative estimate of drug-likeness (QED) is 0.867. The van der Waals surface area contributed by atoms with E-state index >= 15 is 0 Å². The van der Waals surface area contributed by atoms with Crippen LogP contribution in [0.4, 0.5) is 0 Å². The van der Waals surface area contributed by atoms with Crippen molar-refractivity contribution in [1.82, 2.24) is 9.88 Å². The molecule has 0 saturated carbocycles. The summed E-state index contributed by atoms with van der Waals surface area (Å²) in [7, 11) is 0. The first-order valence-electron chi connectivity index (χ1n) is 5.99. The van der Waals surface area contributed by atoms with E-state index in [1.165, 1.54) is 0 Å². The molecule has 1 saturated heterocycles. The summed E-state index contributed by atoms with van der Waals surface area (Å²) in [5, 5.41) is 17.8. The fraction of sp³-hybridized carbons (Fsp3) is 0.462. The van der Waals surface area contributed by atoms with E-state index in [1.54, 1.807) is 12.3 Å². The van der Waals surface area contributed by atoms with Gasteiger partial charge in [-0.3, -0.25) is 9.69 Å². The Balaban J connectivity index is 2.00. The summed E-state index contributed by atoms with van der Waals surface area (Å²) in [6, 6.07) is 5.63. The molecule has 1 fully saturated rings. The Hall–Kier alpha value is -1.93. The summed E-state index contributed by atoms with van der Waals surface area (Å²) in [6.07, 6.45) is 3.28. The van der Waals surface area contributed by atoms with E-state index in [9.17, 15) is 4.79 Å². The van der Waals surface area contributed by atoms with E-state index < -0.39 is 5.97 Å². The third-order valence-corrected chi connectivity index (χ3v) is 3.20. The predicted molar refractivity (Wildman–Crippen MR) is 64.6 cm³/mol. The van der Waals surface area contributed by atoms with Crippen LogP contribution in [0.25, 0.3) is 0 Å². The van der Waals surface area contributed by atoms with Crippen LogP contribution in [-0.2, 0) is 11.3 Å². The molecular weight excluding hydrogens is 230 g/mol. The van der Waals surface area contributed by atoms with Crippen LogP contribution in [0.3, 0.4) is 0 Å². The highest BCUT2D eigenvalue weighted by Crippen LogP contribution is 2.18. The highest BCUT2D eigenvalue weighted by Gasteiger charge is 2.25. The molecule has 0 radical (unpaired) electrons. The molecule has 5 heteroatoms. The Morgan fingerprint density at radius 2 is 2.50 bits per heavy atom. The largest absolute Gasteiger partial charge is 0.481 e. The molecule has 5 nitrogen and oxygen atoms in total. The molecule has 1 aromatic rings. The van der Waals surface area contributed by atoms with Crippen molar-refractivity contribution in [3.8, 4) is 6.07 Å².